The van der Waals surface area contributed by atoms with Gasteiger partial charge in [0.25, 0.3) is 0 Å². The predicted molar refractivity (Wildman–Crippen MR) is 85.3 cm³/mol. The van der Waals surface area contributed by atoms with Crippen molar-refractivity contribution in [2.45, 2.75) is 59.9 Å². The first kappa shape index (κ1) is 16.7. The molecule has 122 valence electrons. The van der Waals surface area contributed by atoms with Crippen molar-refractivity contribution >= 4 is 11.7 Å². The Morgan fingerprint density at radius 2 is 1.91 bits per heavy atom. The number of ketones is 1. The molecular formula is C17H27N3O2. The van der Waals surface area contributed by atoms with Crippen LogP contribution in [0.1, 0.15) is 59.6 Å². The predicted octanol–water partition coefficient (Wildman–Crippen LogP) is 2.66. The van der Waals surface area contributed by atoms with E-state index in [-0.39, 0.29) is 28.9 Å². The van der Waals surface area contributed by atoms with Gasteiger partial charge in [-0.2, -0.15) is 0 Å². The van der Waals surface area contributed by atoms with Gasteiger partial charge in [-0.05, 0) is 11.8 Å². The lowest BCUT2D eigenvalue weighted by Crippen LogP contribution is -2.53. The molecule has 1 aliphatic carbocycles. The van der Waals surface area contributed by atoms with Crippen LogP contribution in [-0.4, -0.2) is 27.7 Å². The first-order valence-corrected chi connectivity index (χ1v) is 7.85. The number of amides is 1. The molecule has 5 heteroatoms. The Morgan fingerprint density at radius 3 is 2.36 bits per heavy atom. The summed E-state index contributed by atoms with van der Waals surface area (Å²) in [6.07, 6.45) is 4.26. The summed E-state index contributed by atoms with van der Waals surface area (Å²) >= 11 is 0. The number of aromatic amines is 1. The first-order valence-electron chi connectivity index (χ1n) is 7.85. The molecule has 1 aromatic rings. The minimum atomic E-state index is -0.476. The van der Waals surface area contributed by atoms with Gasteiger partial charge in [0.2, 0.25) is 5.91 Å². The Morgan fingerprint density at radius 1 is 1.27 bits per heavy atom. The van der Waals surface area contributed by atoms with Crippen molar-refractivity contribution < 1.29 is 9.59 Å². The van der Waals surface area contributed by atoms with Crippen molar-refractivity contribution in [3.8, 4) is 0 Å². The summed E-state index contributed by atoms with van der Waals surface area (Å²) in [7, 11) is 0. The maximum Gasteiger partial charge on any atom is 0.224 e. The molecule has 0 spiro atoms. The van der Waals surface area contributed by atoms with Gasteiger partial charge in [-0.25, -0.2) is 4.98 Å². The molecule has 0 aromatic carbocycles. The van der Waals surface area contributed by atoms with E-state index < -0.39 is 11.5 Å². The summed E-state index contributed by atoms with van der Waals surface area (Å²) in [6.45, 7) is 11.6. The van der Waals surface area contributed by atoms with E-state index in [9.17, 15) is 9.59 Å². The Bertz CT molecular complexity index is 549. The lowest BCUT2D eigenvalue weighted by Gasteiger charge is -2.34. The normalized spacial score (nSPS) is 23.0. The van der Waals surface area contributed by atoms with E-state index in [0.717, 1.165) is 12.1 Å². The highest BCUT2D eigenvalue weighted by molar-refractivity contribution is 5.94. The zero-order chi connectivity index (χ0) is 16.7. The van der Waals surface area contributed by atoms with Crippen LogP contribution in [0.5, 0.6) is 0 Å². The van der Waals surface area contributed by atoms with E-state index in [4.69, 9.17) is 0 Å². The number of hydrogen-bond donors (Lipinski definition) is 2. The molecule has 1 fully saturated rings. The summed E-state index contributed by atoms with van der Waals surface area (Å²) in [5.74, 6) is 0.147. The topological polar surface area (TPSA) is 74.8 Å². The molecule has 0 aliphatic heterocycles. The molecule has 3 atom stereocenters. The average molecular weight is 305 g/mol. The Kier molecular flexibility index (Phi) is 4.20. The molecule has 0 saturated heterocycles. The van der Waals surface area contributed by atoms with Crippen LogP contribution in [0.4, 0.5) is 0 Å². The largest absolute Gasteiger partial charge is 0.351 e. The van der Waals surface area contributed by atoms with Crippen molar-refractivity contribution in [2.75, 3.05) is 0 Å². The molecule has 1 aromatic heterocycles. The van der Waals surface area contributed by atoms with Gasteiger partial charge in [0.15, 0.2) is 5.78 Å². The minimum Gasteiger partial charge on any atom is -0.351 e. The fraction of sp³-hybridized carbons (Fsp3) is 0.706. The Labute approximate surface area is 132 Å². The third-order valence-electron chi connectivity index (χ3n) is 4.18. The minimum absolute atomic E-state index is 0.0366. The lowest BCUT2D eigenvalue weighted by molar-refractivity contribution is -0.135. The number of nitrogens with zero attached hydrogens (tertiary/aromatic N) is 1. The second kappa shape index (κ2) is 5.52. The molecule has 1 amide bonds. The Hall–Kier alpha value is -1.65. The van der Waals surface area contributed by atoms with Crippen LogP contribution in [0.25, 0.3) is 0 Å². The van der Waals surface area contributed by atoms with Crippen LogP contribution >= 0.6 is 0 Å². The van der Waals surface area contributed by atoms with E-state index in [1.165, 1.54) is 0 Å². The van der Waals surface area contributed by atoms with E-state index in [2.05, 4.69) is 15.3 Å². The monoisotopic (exact) mass is 305 g/mol. The molecule has 1 unspecified atom stereocenters. The molecule has 1 heterocycles. The summed E-state index contributed by atoms with van der Waals surface area (Å²) in [5.41, 5.74) is 0.141. The highest BCUT2D eigenvalue weighted by Crippen LogP contribution is 2.47. The summed E-state index contributed by atoms with van der Waals surface area (Å²) < 4.78 is 0. The van der Waals surface area contributed by atoms with Gasteiger partial charge in [-0.3, -0.25) is 9.59 Å². The quantitative estimate of drug-likeness (QED) is 0.898. The zero-order valence-electron chi connectivity index (χ0n) is 14.4. The Balaban J connectivity index is 2.06. The van der Waals surface area contributed by atoms with Gasteiger partial charge in [0.05, 0.1) is 18.1 Å². The van der Waals surface area contributed by atoms with Crippen molar-refractivity contribution in [1.82, 2.24) is 15.3 Å². The van der Waals surface area contributed by atoms with Crippen molar-refractivity contribution in [3.63, 3.8) is 0 Å². The van der Waals surface area contributed by atoms with Crippen LogP contribution in [0.2, 0.25) is 0 Å². The molecule has 22 heavy (non-hydrogen) atoms. The van der Waals surface area contributed by atoms with E-state index in [1.54, 1.807) is 6.33 Å². The van der Waals surface area contributed by atoms with Crippen LogP contribution in [0.3, 0.4) is 0 Å². The molecule has 2 rings (SSSR count). The second-order valence-electron chi connectivity index (χ2n) is 8.36. The van der Waals surface area contributed by atoms with Gasteiger partial charge in [0.1, 0.15) is 0 Å². The average Bonchev–Trinajstić information content (AvgIpc) is 2.99. The standard InChI is InChI=1S/C17H27N3O2/c1-16(2,3)13(14(21)17(4,5)6)20-15(22)11-7-10(11)12-8-18-9-19-12/h8-11,13H,7H2,1-6H3,(H,18,19)(H,20,22)/t10-,11?,13+/m0/s1. The second-order valence-corrected chi connectivity index (χ2v) is 8.36. The third-order valence-corrected chi connectivity index (χ3v) is 4.18. The SMILES string of the molecule is CC(C)(C)C(=O)[C@@H](NC(=O)C1C[C@@H]1c1c[nH]cn1)C(C)(C)C. The summed E-state index contributed by atoms with van der Waals surface area (Å²) in [4.78, 5) is 32.3. The number of rotatable bonds is 4. The number of H-pyrrole nitrogens is 1. The molecule has 2 N–H and O–H groups in total. The number of hydrogen-bond acceptors (Lipinski definition) is 3. The number of nitrogens with one attached hydrogen (secondary N) is 2. The van der Waals surface area contributed by atoms with Gasteiger partial charge >= 0.3 is 0 Å². The summed E-state index contributed by atoms with van der Waals surface area (Å²) in [5, 5.41) is 2.99. The fourth-order valence-corrected chi connectivity index (χ4v) is 2.64. The number of aromatic nitrogens is 2. The highest BCUT2D eigenvalue weighted by Gasteiger charge is 2.47. The number of carbonyl (C=O) groups excluding carboxylic acids is 2. The van der Waals surface area contributed by atoms with E-state index in [1.807, 2.05) is 47.7 Å². The molecule has 0 bridgehead atoms. The molecule has 0 radical (unpaired) electrons. The molecule has 5 nitrogen and oxygen atoms in total. The van der Waals surface area contributed by atoms with Crippen LogP contribution in [0, 0.1) is 16.7 Å². The maximum absolute atomic E-state index is 12.7. The fourth-order valence-electron chi connectivity index (χ4n) is 2.64. The number of imidazole rings is 1. The van der Waals surface area contributed by atoms with Crippen molar-refractivity contribution in [2.24, 2.45) is 16.7 Å². The molecular weight excluding hydrogens is 278 g/mol. The maximum atomic E-state index is 12.7. The smallest absolute Gasteiger partial charge is 0.224 e. The molecule has 1 saturated carbocycles. The van der Waals surface area contributed by atoms with Gasteiger partial charge in [0, 0.05) is 23.4 Å². The van der Waals surface area contributed by atoms with Gasteiger partial charge < -0.3 is 10.3 Å². The van der Waals surface area contributed by atoms with E-state index >= 15 is 0 Å². The highest BCUT2D eigenvalue weighted by atomic mass is 16.2. The van der Waals surface area contributed by atoms with Gasteiger partial charge in [-0.1, -0.05) is 41.5 Å². The third kappa shape index (κ3) is 3.57. The lowest BCUT2D eigenvalue weighted by atomic mass is 9.75. The molecule has 1 aliphatic rings. The number of carbonyl (C=O) groups is 2. The van der Waals surface area contributed by atoms with Crippen molar-refractivity contribution in [3.05, 3.63) is 18.2 Å². The van der Waals surface area contributed by atoms with Crippen LogP contribution in [-0.2, 0) is 9.59 Å². The number of Topliss-reactive ketones (excluding diaryl/α,β-unsaturated/α-hetero) is 1. The van der Waals surface area contributed by atoms with Crippen molar-refractivity contribution in [1.29, 1.82) is 0 Å². The zero-order valence-corrected chi connectivity index (χ0v) is 14.4. The summed E-state index contributed by atoms with van der Waals surface area (Å²) in [6, 6.07) is -0.472. The first-order chi connectivity index (χ1) is 10.0. The van der Waals surface area contributed by atoms with Crippen LogP contribution < -0.4 is 5.32 Å². The van der Waals surface area contributed by atoms with E-state index in [0.29, 0.717) is 0 Å². The van der Waals surface area contributed by atoms with Gasteiger partial charge in [-0.15, -0.1) is 0 Å². The van der Waals surface area contributed by atoms with Crippen LogP contribution in [0.15, 0.2) is 12.5 Å².